The second-order valence-electron chi connectivity index (χ2n) is 5.47. The Morgan fingerprint density at radius 1 is 1.35 bits per heavy atom. The summed E-state index contributed by atoms with van der Waals surface area (Å²) in [6.45, 7) is 8.30. The maximum absolute atomic E-state index is 13.5. The molecule has 7 heteroatoms. The molecule has 0 saturated heterocycles. The van der Waals surface area contributed by atoms with E-state index in [9.17, 15) is 9.18 Å². The fourth-order valence-corrected chi connectivity index (χ4v) is 1.44. The molecule has 0 aliphatic rings. The van der Waals surface area contributed by atoms with Gasteiger partial charge in [-0.05, 0) is 27.2 Å². The van der Waals surface area contributed by atoms with Gasteiger partial charge in [0, 0.05) is 12.1 Å². The molecule has 0 aromatic carbocycles. The van der Waals surface area contributed by atoms with Crippen molar-refractivity contribution in [2.24, 2.45) is 0 Å². The Balaban J connectivity index is 2.60. The van der Waals surface area contributed by atoms with Gasteiger partial charge in [0.1, 0.15) is 0 Å². The number of carbonyl (C=O) groups is 1. The van der Waals surface area contributed by atoms with Crippen molar-refractivity contribution in [1.82, 2.24) is 15.3 Å². The Kier molecular flexibility index (Phi) is 5.66. The zero-order valence-corrected chi connectivity index (χ0v) is 12.4. The number of rotatable bonds is 6. The third-order valence-corrected chi connectivity index (χ3v) is 2.21. The van der Waals surface area contributed by atoms with Crippen molar-refractivity contribution in [2.45, 2.75) is 39.7 Å². The van der Waals surface area contributed by atoms with E-state index >= 15 is 0 Å². The van der Waals surface area contributed by atoms with Crippen molar-refractivity contribution in [3.63, 3.8) is 0 Å². The van der Waals surface area contributed by atoms with Crippen LogP contribution in [0.5, 0.6) is 0 Å². The van der Waals surface area contributed by atoms with Gasteiger partial charge in [-0.3, -0.25) is 4.79 Å². The Labute approximate surface area is 118 Å². The maximum Gasteiger partial charge on any atom is 0.239 e. The standard InChI is InChI=1S/C13H22FN5O/c1-5-6-15-12-17-7-9(14)11(18-12)16-8-10(20)19-13(2,3)4/h7H,5-6,8H2,1-4H3,(H,19,20)(H2,15,16,17,18). The number of anilines is 2. The van der Waals surface area contributed by atoms with Crippen LogP contribution in [0.1, 0.15) is 34.1 Å². The van der Waals surface area contributed by atoms with Crippen LogP contribution in [0.4, 0.5) is 16.2 Å². The predicted molar refractivity (Wildman–Crippen MR) is 77.2 cm³/mol. The summed E-state index contributed by atoms with van der Waals surface area (Å²) < 4.78 is 13.5. The first-order valence-corrected chi connectivity index (χ1v) is 6.63. The molecule has 0 aliphatic carbocycles. The molecule has 0 unspecified atom stereocenters. The Morgan fingerprint density at radius 2 is 2.05 bits per heavy atom. The van der Waals surface area contributed by atoms with Crippen molar-refractivity contribution >= 4 is 17.7 Å². The van der Waals surface area contributed by atoms with Crippen LogP contribution in [0.2, 0.25) is 0 Å². The van der Waals surface area contributed by atoms with E-state index < -0.39 is 5.82 Å². The van der Waals surface area contributed by atoms with Crippen LogP contribution in [0.15, 0.2) is 6.20 Å². The van der Waals surface area contributed by atoms with Crippen LogP contribution in [-0.4, -0.2) is 34.5 Å². The second kappa shape index (κ2) is 7.02. The van der Waals surface area contributed by atoms with Crippen LogP contribution >= 0.6 is 0 Å². The second-order valence-corrected chi connectivity index (χ2v) is 5.47. The predicted octanol–water partition coefficient (Wildman–Crippen LogP) is 1.76. The average Bonchev–Trinajstić information content (AvgIpc) is 2.34. The molecule has 3 N–H and O–H groups in total. The molecule has 0 bridgehead atoms. The number of amides is 1. The molecule has 6 nitrogen and oxygen atoms in total. The normalized spacial score (nSPS) is 11.1. The molecule has 1 rings (SSSR count). The molecule has 1 aromatic heterocycles. The molecule has 1 amide bonds. The lowest BCUT2D eigenvalue weighted by molar-refractivity contribution is -0.120. The van der Waals surface area contributed by atoms with E-state index in [1.165, 1.54) is 0 Å². The van der Waals surface area contributed by atoms with Crippen molar-refractivity contribution in [3.05, 3.63) is 12.0 Å². The van der Waals surface area contributed by atoms with Gasteiger partial charge in [-0.25, -0.2) is 9.37 Å². The first-order chi connectivity index (χ1) is 9.31. The summed E-state index contributed by atoms with van der Waals surface area (Å²) in [5.74, 6) is -0.455. The van der Waals surface area contributed by atoms with Gasteiger partial charge in [-0.2, -0.15) is 4.98 Å². The molecule has 0 aliphatic heterocycles. The zero-order valence-electron chi connectivity index (χ0n) is 12.4. The van der Waals surface area contributed by atoms with Gasteiger partial charge in [0.15, 0.2) is 11.6 Å². The summed E-state index contributed by atoms with van der Waals surface area (Å²) in [5.41, 5.74) is -0.323. The highest BCUT2D eigenvalue weighted by molar-refractivity contribution is 5.81. The van der Waals surface area contributed by atoms with E-state index in [1.807, 2.05) is 27.7 Å². The molecule has 1 heterocycles. The quantitative estimate of drug-likeness (QED) is 0.741. The molecule has 1 aromatic rings. The molecule has 20 heavy (non-hydrogen) atoms. The number of aromatic nitrogens is 2. The highest BCUT2D eigenvalue weighted by Crippen LogP contribution is 2.11. The van der Waals surface area contributed by atoms with Gasteiger partial charge in [-0.15, -0.1) is 0 Å². The Bertz CT molecular complexity index is 459. The zero-order chi connectivity index (χ0) is 15.2. The van der Waals surface area contributed by atoms with Crippen molar-refractivity contribution in [3.8, 4) is 0 Å². The lowest BCUT2D eigenvalue weighted by Crippen LogP contribution is -2.43. The van der Waals surface area contributed by atoms with Gasteiger partial charge in [0.2, 0.25) is 11.9 Å². The van der Waals surface area contributed by atoms with Gasteiger partial charge in [-0.1, -0.05) is 6.92 Å². The summed E-state index contributed by atoms with van der Waals surface area (Å²) in [6, 6.07) is 0. The summed E-state index contributed by atoms with van der Waals surface area (Å²) >= 11 is 0. The smallest absolute Gasteiger partial charge is 0.239 e. The third kappa shape index (κ3) is 5.81. The highest BCUT2D eigenvalue weighted by atomic mass is 19.1. The van der Waals surface area contributed by atoms with Crippen LogP contribution in [0.3, 0.4) is 0 Å². The van der Waals surface area contributed by atoms with Crippen molar-refractivity contribution in [1.29, 1.82) is 0 Å². The topological polar surface area (TPSA) is 78.9 Å². The minimum absolute atomic E-state index is 0.0164. The molecule has 0 fully saturated rings. The third-order valence-electron chi connectivity index (χ3n) is 2.21. The molecule has 0 spiro atoms. The van der Waals surface area contributed by atoms with Crippen LogP contribution < -0.4 is 16.0 Å². The number of hydrogen-bond donors (Lipinski definition) is 3. The summed E-state index contributed by atoms with van der Waals surface area (Å²) in [4.78, 5) is 19.5. The number of halogens is 1. The maximum atomic E-state index is 13.5. The van der Waals surface area contributed by atoms with Crippen LogP contribution in [0, 0.1) is 5.82 Å². The van der Waals surface area contributed by atoms with Crippen molar-refractivity contribution in [2.75, 3.05) is 23.7 Å². The minimum Gasteiger partial charge on any atom is -0.358 e. The van der Waals surface area contributed by atoms with E-state index in [0.717, 1.165) is 12.6 Å². The van der Waals surface area contributed by atoms with Gasteiger partial charge >= 0.3 is 0 Å². The first-order valence-electron chi connectivity index (χ1n) is 6.63. The number of nitrogens with one attached hydrogen (secondary N) is 3. The SMILES string of the molecule is CCCNc1ncc(F)c(NCC(=O)NC(C)(C)C)n1. The average molecular weight is 283 g/mol. The molecule has 0 radical (unpaired) electrons. The summed E-state index contributed by atoms with van der Waals surface area (Å²) in [5, 5.41) is 8.41. The van der Waals surface area contributed by atoms with E-state index in [-0.39, 0.29) is 23.8 Å². The van der Waals surface area contributed by atoms with E-state index in [4.69, 9.17) is 0 Å². The van der Waals surface area contributed by atoms with E-state index in [0.29, 0.717) is 12.5 Å². The fourth-order valence-electron chi connectivity index (χ4n) is 1.44. The minimum atomic E-state index is -0.587. The Hall–Kier alpha value is -1.92. The van der Waals surface area contributed by atoms with Gasteiger partial charge in [0.05, 0.1) is 12.7 Å². The highest BCUT2D eigenvalue weighted by Gasteiger charge is 2.14. The largest absolute Gasteiger partial charge is 0.358 e. The van der Waals surface area contributed by atoms with Crippen LogP contribution in [0.25, 0.3) is 0 Å². The molecule has 112 valence electrons. The van der Waals surface area contributed by atoms with E-state index in [2.05, 4.69) is 25.9 Å². The number of hydrogen-bond acceptors (Lipinski definition) is 5. The summed E-state index contributed by atoms with van der Waals surface area (Å²) in [6.07, 6.45) is 1.99. The molecule has 0 atom stereocenters. The fraction of sp³-hybridized carbons (Fsp3) is 0.615. The monoisotopic (exact) mass is 283 g/mol. The first kappa shape index (κ1) is 16.1. The van der Waals surface area contributed by atoms with Crippen molar-refractivity contribution < 1.29 is 9.18 Å². The number of nitrogens with zero attached hydrogens (tertiary/aromatic N) is 2. The lowest BCUT2D eigenvalue weighted by atomic mass is 10.1. The summed E-state index contributed by atoms with van der Waals surface area (Å²) in [7, 11) is 0. The Morgan fingerprint density at radius 3 is 2.65 bits per heavy atom. The molecule has 0 saturated carbocycles. The molecular formula is C13H22FN5O. The molecular weight excluding hydrogens is 261 g/mol. The van der Waals surface area contributed by atoms with Gasteiger partial charge < -0.3 is 16.0 Å². The van der Waals surface area contributed by atoms with E-state index in [1.54, 1.807) is 0 Å². The number of carbonyl (C=O) groups excluding carboxylic acids is 1. The van der Waals surface area contributed by atoms with Crippen LogP contribution in [-0.2, 0) is 4.79 Å². The lowest BCUT2D eigenvalue weighted by Gasteiger charge is -2.20. The van der Waals surface area contributed by atoms with Gasteiger partial charge in [0.25, 0.3) is 0 Å².